The van der Waals surface area contributed by atoms with E-state index >= 15 is 0 Å². The van der Waals surface area contributed by atoms with Gasteiger partial charge >= 0.3 is 0 Å². The lowest BCUT2D eigenvalue weighted by atomic mass is 10.3. The van der Waals surface area contributed by atoms with Crippen molar-refractivity contribution in [1.82, 2.24) is 4.31 Å². The fourth-order valence-corrected chi connectivity index (χ4v) is 4.72. The van der Waals surface area contributed by atoms with Gasteiger partial charge in [0.05, 0.1) is 6.61 Å². The second-order valence-corrected chi connectivity index (χ2v) is 7.22. The van der Waals surface area contributed by atoms with Gasteiger partial charge in [-0.05, 0) is 34.8 Å². The Morgan fingerprint density at radius 1 is 1.40 bits per heavy atom. The van der Waals surface area contributed by atoms with Crippen LogP contribution in [0, 0.1) is 11.6 Å². The minimum absolute atomic E-state index is 0.113. The highest BCUT2D eigenvalue weighted by molar-refractivity contribution is 9.10. The monoisotopic (exact) mass is 369 g/mol. The summed E-state index contributed by atoms with van der Waals surface area (Å²) in [6.45, 7) is 0.364. The third-order valence-electron chi connectivity index (χ3n) is 3.00. The lowest BCUT2D eigenvalue weighted by Gasteiger charge is -2.22. The molecule has 0 saturated heterocycles. The Morgan fingerprint density at radius 3 is 2.55 bits per heavy atom. The van der Waals surface area contributed by atoms with Crippen molar-refractivity contribution in [3.8, 4) is 0 Å². The molecule has 20 heavy (non-hydrogen) atoms. The highest BCUT2D eigenvalue weighted by Crippen LogP contribution is 2.35. The van der Waals surface area contributed by atoms with Crippen LogP contribution in [-0.2, 0) is 14.8 Å². The van der Waals surface area contributed by atoms with Crippen molar-refractivity contribution in [1.29, 1.82) is 0 Å². The van der Waals surface area contributed by atoms with Crippen LogP contribution in [0.4, 0.5) is 8.78 Å². The maximum absolute atomic E-state index is 13.9. The van der Waals surface area contributed by atoms with Crippen LogP contribution < -0.4 is 0 Å². The second kappa shape index (κ2) is 6.05. The summed E-state index contributed by atoms with van der Waals surface area (Å²) in [7, 11) is -2.56. The largest absolute Gasteiger partial charge is 0.383 e. The van der Waals surface area contributed by atoms with Gasteiger partial charge in [-0.1, -0.05) is 0 Å². The lowest BCUT2D eigenvalue weighted by molar-refractivity contribution is 0.177. The summed E-state index contributed by atoms with van der Waals surface area (Å²) in [4.78, 5) is -0.526. The molecule has 1 aliphatic carbocycles. The quantitative estimate of drug-likeness (QED) is 0.773. The molecule has 0 unspecified atom stereocenters. The first kappa shape index (κ1) is 15.8. The summed E-state index contributed by atoms with van der Waals surface area (Å²) in [6.07, 6.45) is 1.48. The molecule has 1 aromatic rings. The summed E-state index contributed by atoms with van der Waals surface area (Å²) < 4.78 is 58.0. The maximum atomic E-state index is 13.9. The lowest BCUT2D eigenvalue weighted by Crippen LogP contribution is -2.36. The molecular weight excluding hydrogens is 356 g/mol. The molecule has 0 amide bonds. The van der Waals surface area contributed by atoms with Gasteiger partial charge in [-0.15, -0.1) is 0 Å². The highest BCUT2D eigenvalue weighted by Gasteiger charge is 2.40. The first-order chi connectivity index (χ1) is 9.37. The van der Waals surface area contributed by atoms with E-state index in [1.54, 1.807) is 0 Å². The predicted molar refractivity (Wildman–Crippen MR) is 72.8 cm³/mol. The van der Waals surface area contributed by atoms with Crippen LogP contribution in [-0.4, -0.2) is 39.0 Å². The molecule has 1 saturated carbocycles. The summed E-state index contributed by atoms with van der Waals surface area (Å²) in [5.74, 6) is -1.93. The number of hydrogen-bond donors (Lipinski definition) is 0. The van der Waals surface area contributed by atoms with Gasteiger partial charge in [-0.25, -0.2) is 17.2 Å². The van der Waals surface area contributed by atoms with Gasteiger partial charge in [-0.2, -0.15) is 4.31 Å². The van der Waals surface area contributed by atoms with E-state index in [1.807, 2.05) is 0 Å². The van der Waals surface area contributed by atoms with Gasteiger partial charge in [-0.3, -0.25) is 0 Å². The Labute approximate surface area is 124 Å². The summed E-state index contributed by atoms with van der Waals surface area (Å²) in [6, 6.07) is 1.38. The van der Waals surface area contributed by atoms with Crippen molar-refractivity contribution < 1.29 is 21.9 Å². The normalized spacial score (nSPS) is 15.8. The number of ether oxygens (including phenoxy) is 1. The molecular formula is C12H14BrF2NO3S. The Balaban J connectivity index is 2.42. The Kier molecular flexibility index (Phi) is 4.78. The molecule has 0 atom stereocenters. The van der Waals surface area contributed by atoms with Crippen molar-refractivity contribution in [2.45, 2.75) is 23.8 Å². The zero-order chi connectivity index (χ0) is 14.9. The molecule has 8 heteroatoms. The molecule has 1 aliphatic rings. The number of nitrogens with zero attached hydrogens (tertiary/aromatic N) is 1. The number of sulfonamides is 1. The molecule has 0 spiro atoms. The predicted octanol–water partition coefficient (Wildman–Crippen LogP) is 2.53. The van der Waals surface area contributed by atoms with Crippen LogP contribution in [0.15, 0.2) is 21.5 Å². The molecule has 1 fully saturated rings. The van der Waals surface area contributed by atoms with Crippen molar-refractivity contribution in [2.75, 3.05) is 20.3 Å². The van der Waals surface area contributed by atoms with Gasteiger partial charge in [0.15, 0.2) is 0 Å². The molecule has 1 aromatic carbocycles. The van der Waals surface area contributed by atoms with Gasteiger partial charge in [0.1, 0.15) is 16.5 Å². The van der Waals surface area contributed by atoms with Gasteiger partial charge < -0.3 is 4.74 Å². The van der Waals surface area contributed by atoms with E-state index in [-0.39, 0.29) is 23.7 Å². The molecule has 4 nitrogen and oxygen atoms in total. The van der Waals surface area contributed by atoms with E-state index in [4.69, 9.17) is 4.74 Å². The van der Waals surface area contributed by atoms with Crippen molar-refractivity contribution in [3.63, 3.8) is 0 Å². The van der Waals surface area contributed by atoms with Gasteiger partial charge in [0, 0.05) is 30.2 Å². The number of halogens is 3. The van der Waals surface area contributed by atoms with E-state index < -0.39 is 26.6 Å². The third kappa shape index (κ3) is 3.19. The summed E-state index contributed by atoms with van der Waals surface area (Å²) >= 11 is 2.92. The molecule has 0 aliphatic heterocycles. The number of methoxy groups -OCH3 is 1. The standard InChI is InChI=1S/C12H14BrF2NO3S/c1-19-5-4-16(9-2-3-9)20(17,18)12-10(13)6-8(14)7-11(12)15/h6-7,9H,2-5H2,1H3. The van der Waals surface area contributed by atoms with E-state index in [9.17, 15) is 17.2 Å². The number of hydrogen-bond acceptors (Lipinski definition) is 3. The molecule has 0 bridgehead atoms. The summed E-state index contributed by atoms with van der Waals surface area (Å²) in [5, 5.41) is 0. The molecule has 0 N–H and O–H groups in total. The average molecular weight is 370 g/mol. The van der Waals surface area contributed by atoms with Gasteiger partial charge in [0.25, 0.3) is 0 Å². The zero-order valence-corrected chi connectivity index (χ0v) is 13.2. The van der Waals surface area contributed by atoms with Gasteiger partial charge in [0.2, 0.25) is 10.0 Å². The average Bonchev–Trinajstić information content (AvgIpc) is 3.11. The Bertz CT molecular complexity index is 582. The Hall–Kier alpha value is -0.570. The summed E-state index contributed by atoms with van der Waals surface area (Å²) in [5.41, 5.74) is 0. The third-order valence-corrected chi connectivity index (χ3v) is 5.92. The van der Waals surface area contributed by atoms with Crippen LogP contribution in [0.5, 0.6) is 0 Å². The fraction of sp³-hybridized carbons (Fsp3) is 0.500. The molecule has 112 valence electrons. The number of benzene rings is 1. The topological polar surface area (TPSA) is 46.6 Å². The minimum atomic E-state index is -4.02. The van der Waals surface area contributed by atoms with Crippen LogP contribution in [0.2, 0.25) is 0 Å². The number of rotatable bonds is 6. The van der Waals surface area contributed by atoms with Crippen molar-refractivity contribution >= 4 is 26.0 Å². The first-order valence-corrected chi connectivity index (χ1v) is 8.26. The van der Waals surface area contributed by atoms with Crippen molar-refractivity contribution in [2.24, 2.45) is 0 Å². The molecule has 0 radical (unpaired) electrons. The van der Waals surface area contributed by atoms with E-state index in [1.165, 1.54) is 11.4 Å². The van der Waals surface area contributed by atoms with Crippen LogP contribution >= 0.6 is 15.9 Å². The molecule has 0 heterocycles. The minimum Gasteiger partial charge on any atom is -0.383 e. The van der Waals surface area contributed by atoms with Crippen LogP contribution in [0.1, 0.15) is 12.8 Å². The fourth-order valence-electron chi connectivity index (χ4n) is 1.94. The Morgan fingerprint density at radius 2 is 2.05 bits per heavy atom. The molecule has 2 rings (SSSR count). The first-order valence-electron chi connectivity index (χ1n) is 6.03. The highest BCUT2D eigenvalue weighted by atomic mass is 79.9. The van der Waals surface area contributed by atoms with E-state index in [0.29, 0.717) is 6.07 Å². The van der Waals surface area contributed by atoms with Crippen molar-refractivity contribution in [3.05, 3.63) is 28.2 Å². The van der Waals surface area contributed by atoms with Crippen LogP contribution in [0.3, 0.4) is 0 Å². The zero-order valence-electron chi connectivity index (χ0n) is 10.8. The smallest absolute Gasteiger partial charge is 0.247 e. The van der Waals surface area contributed by atoms with E-state index in [0.717, 1.165) is 18.9 Å². The SMILES string of the molecule is COCCN(C1CC1)S(=O)(=O)c1c(F)cc(F)cc1Br. The second-order valence-electron chi connectivity index (χ2n) is 4.54. The molecule has 0 aromatic heterocycles. The van der Waals surface area contributed by atoms with Crippen LogP contribution in [0.25, 0.3) is 0 Å². The van der Waals surface area contributed by atoms with E-state index in [2.05, 4.69) is 15.9 Å². The maximum Gasteiger partial charge on any atom is 0.247 e.